The second-order valence-corrected chi connectivity index (χ2v) is 6.08. The molecule has 0 saturated carbocycles. The van der Waals surface area contributed by atoms with E-state index in [0.717, 1.165) is 57.6 Å². The van der Waals surface area contributed by atoms with E-state index in [9.17, 15) is 4.79 Å². The smallest absolute Gasteiger partial charge is 0.289 e. The van der Waals surface area contributed by atoms with Gasteiger partial charge in [-0.05, 0) is 38.4 Å². The fourth-order valence-electron chi connectivity index (χ4n) is 3.36. The van der Waals surface area contributed by atoms with Gasteiger partial charge in [-0.1, -0.05) is 27.7 Å². The van der Waals surface area contributed by atoms with Crippen LogP contribution < -0.4 is 0 Å². The van der Waals surface area contributed by atoms with Crippen LogP contribution in [-0.2, 0) is 13.0 Å². The first kappa shape index (κ1) is 17.1. The Morgan fingerprint density at radius 1 is 1.32 bits per heavy atom. The minimum Gasteiger partial charge on any atom is -0.456 e. The molecular weight excluding hydrogens is 276 g/mol. The summed E-state index contributed by atoms with van der Waals surface area (Å²) in [6.45, 7) is 12.3. The number of aryl methyl sites for hydroxylation is 1. The molecule has 0 N–H and O–H groups in total. The maximum atomic E-state index is 12.7. The minimum atomic E-state index is 0.0739. The lowest BCUT2D eigenvalue weighted by molar-refractivity contribution is 0.0699. The second-order valence-electron chi connectivity index (χ2n) is 6.08. The summed E-state index contributed by atoms with van der Waals surface area (Å²) < 4.78 is 5.90. The van der Waals surface area contributed by atoms with Crippen molar-refractivity contribution in [3.05, 3.63) is 23.2 Å². The lowest BCUT2D eigenvalue weighted by Crippen LogP contribution is -2.34. The van der Waals surface area contributed by atoms with E-state index in [2.05, 4.69) is 32.6 Å². The number of likely N-dealkylation sites (tertiary alicyclic amines) is 1. The number of furan rings is 1. The molecule has 0 aromatic carbocycles. The van der Waals surface area contributed by atoms with Gasteiger partial charge in [0.05, 0.1) is 0 Å². The van der Waals surface area contributed by atoms with E-state index in [0.29, 0.717) is 11.8 Å². The Morgan fingerprint density at radius 3 is 2.64 bits per heavy atom. The van der Waals surface area contributed by atoms with Gasteiger partial charge in [0.1, 0.15) is 5.76 Å². The fraction of sp³-hybridized carbons (Fsp3) is 0.722. The van der Waals surface area contributed by atoms with Gasteiger partial charge in [-0.3, -0.25) is 9.69 Å². The predicted octanol–water partition coefficient (Wildman–Crippen LogP) is 3.70. The molecule has 1 fully saturated rings. The first-order valence-corrected chi connectivity index (χ1v) is 8.79. The van der Waals surface area contributed by atoms with Gasteiger partial charge in [-0.15, -0.1) is 0 Å². The molecule has 124 valence electrons. The van der Waals surface area contributed by atoms with Crippen molar-refractivity contribution < 1.29 is 9.21 Å². The van der Waals surface area contributed by atoms with E-state index >= 15 is 0 Å². The molecule has 0 bridgehead atoms. The summed E-state index contributed by atoms with van der Waals surface area (Å²) in [4.78, 5) is 17.1. The van der Waals surface area contributed by atoms with Crippen molar-refractivity contribution in [3.63, 3.8) is 0 Å². The number of carbonyl (C=O) groups is 1. The van der Waals surface area contributed by atoms with Crippen molar-refractivity contribution >= 4 is 5.91 Å². The van der Waals surface area contributed by atoms with E-state index in [1.807, 2.05) is 11.0 Å². The quantitative estimate of drug-likeness (QED) is 0.771. The van der Waals surface area contributed by atoms with Crippen LogP contribution in [0.3, 0.4) is 0 Å². The van der Waals surface area contributed by atoms with Crippen LogP contribution >= 0.6 is 0 Å². The van der Waals surface area contributed by atoms with Gasteiger partial charge >= 0.3 is 0 Å². The van der Waals surface area contributed by atoms with Crippen LogP contribution in [-0.4, -0.2) is 41.4 Å². The molecule has 1 aromatic heterocycles. The van der Waals surface area contributed by atoms with E-state index in [1.165, 1.54) is 5.56 Å². The number of nitrogens with zero attached hydrogens (tertiary/aromatic N) is 2. The predicted molar refractivity (Wildman–Crippen MR) is 89.1 cm³/mol. The Hall–Kier alpha value is -1.29. The highest BCUT2D eigenvalue weighted by Crippen LogP contribution is 2.25. The molecule has 2 rings (SSSR count). The van der Waals surface area contributed by atoms with Crippen LogP contribution in [0.1, 0.15) is 68.8 Å². The van der Waals surface area contributed by atoms with Gasteiger partial charge in [0.15, 0.2) is 5.76 Å². The lowest BCUT2D eigenvalue weighted by Gasteiger charge is -2.22. The zero-order chi connectivity index (χ0) is 16.1. The molecule has 4 heteroatoms. The van der Waals surface area contributed by atoms with Gasteiger partial charge < -0.3 is 9.32 Å². The first-order chi connectivity index (χ1) is 10.6. The van der Waals surface area contributed by atoms with Crippen LogP contribution in [0.5, 0.6) is 0 Å². The summed E-state index contributed by atoms with van der Waals surface area (Å²) in [5.41, 5.74) is 1.17. The Balaban J connectivity index is 2.17. The maximum absolute atomic E-state index is 12.7. The molecule has 1 aliphatic heterocycles. The first-order valence-electron chi connectivity index (χ1n) is 8.79. The van der Waals surface area contributed by atoms with Gasteiger partial charge in [-0.25, -0.2) is 0 Å². The minimum absolute atomic E-state index is 0.0739. The van der Waals surface area contributed by atoms with Gasteiger partial charge in [0.25, 0.3) is 5.91 Å². The molecule has 0 aliphatic carbocycles. The van der Waals surface area contributed by atoms with Crippen molar-refractivity contribution in [2.24, 2.45) is 0 Å². The molecule has 0 unspecified atom stereocenters. The lowest BCUT2D eigenvalue weighted by atomic mass is 10.1. The molecular formula is C18H30N2O2. The van der Waals surface area contributed by atoms with E-state index in [1.54, 1.807) is 0 Å². The van der Waals surface area contributed by atoms with Gasteiger partial charge in [-0.2, -0.15) is 0 Å². The molecule has 4 nitrogen and oxygen atoms in total. The maximum Gasteiger partial charge on any atom is 0.289 e. The monoisotopic (exact) mass is 306 g/mol. The van der Waals surface area contributed by atoms with Crippen LogP contribution in [0.4, 0.5) is 0 Å². The average molecular weight is 306 g/mol. The van der Waals surface area contributed by atoms with E-state index < -0.39 is 0 Å². The summed E-state index contributed by atoms with van der Waals surface area (Å²) >= 11 is 0. The molecule has 22 heavy (non-hydrogen) atoms. The summed E-state index contributed by atoms with van der Waals surface area (Å²) in [6, 6.07) is 2.36. The van der Waals surface area contributed by atoms with E-state index in [-0.39, 0.29) is 5.91 Å². The fourth-order valence-corrected chi connectivity index (χ4v) is 3.36. The molecule has 0 spiro atoms. The van der Waals surface area contributed by atoms with Gasteiger partial charge in [0.2, 0.25) is 0 Å². The molecule has 0 radical (unpaired) electrons. The number of carbonyl (C=O) groups excluding carboxylic acids is 1. The van der Waals surface area contributed by atoms with Crippen molar-refractivity contribution in [2.75, 3.05) is 19.6 Å². The van der Waals surface area contributed by atoms with Gasteiger partial charge in [0, 0.05) is 31.1 Å². The largest absolute Gasteiger partial charge is 0.456 e. The highest BCUT2D eigenvalue weighted by Gasteiger charge is 2.30. The SMILES string of the molecule is CCc1oc(C(=O)N2CCC[C@@H]2CC)cc1CN(CC)CC. The Bertz CT molecular complexity index is 491. The topological polar surface area (TPSA) is 36.7 Å². The third-order valence-electron chi connectivity index (χ3n) is 4.83. The molecule has 1 saturated heterocycles. The Labute approximate surface area is 134 Å². The Kier molecular flexibility index (Phi) is 6.07. The number of amides is 1. The number of hydrogen-bond acceptors (Lipinski definition) is 3. The van der Waals surface area contributed by atoms with Crippen molar-refractivity contribution in [1.82, 2.24) is 9.80 Å². The van der Waals surface area contributed by atoms with Crippen LogP contribution in [0.25, 0.3) is 0 Å². The standard InChI is InChI=1S/C18H30N2O2/c1-5-15-10-9-11-20(15)18(21)17-12-14(16(6-2)22-17)13-19(7-3)8-4/h12,15H,5-11,13H2,1-4H3/t15-/m0/s1. The summed E-state index contributed by atoms with van der Waals surface area (Å²) in [5.74, 6) is 1.56. The normalized spacial score (nSPS) is 18.4. The summed E-state index contributed by atoms with van der Waals surface area (Å²) in [6.07, 6.45) is 4.09. The molecule has 2 heterocycles. The highest BCUT2D eigenvalue weighted by molar-refractivity contribution is 5.92. The van der Waals surface area contributed by atoms with E-state index in [4.69, 9.17) is 4.42 Å². The second kappa shape index (κ2) is 7.82. The third kappa shape index (κ3) is 3.54. The molecule has 1 aliphatic rings. The van der Waals surface area contributed by atoms with Crippen molar-refractivity contribution in [3.8, 4) is 0 Å². The summed E-state index contributed by atoms with van der Waals surface area (Å²) in [7, 11) is 0. The van der Waals surface area contributed by atoms with Crippen LogP contribution in [0, 0.1) is 0 Å². The Morgan fingerprint density at radius 2 is 2.05 bits per heavy atom. The highest BCUT2D eigenvalue weighted by atomic mass is 16.4. The molecule has 1 atom stereocenters. The number of rotatable bonds is 7. The summed E-state index contributed by atoms with van der Waals surface area (Å²) in [5, 5.41) is 0. The molecule has 1 aromatic rings. The van der Waals surface area contributed by atoms with Crippen molar-refractivity contribution in [1.29, 1.82) is 0 Å². The van der Waals surface area contributed by atoms with Crippen LogP contribution in [0.2, 0.25) is 0 Å². The van der Waals surface area contributed by atoms with Crippen LogP contribution in [0.15, 0.2) is 10.5 Å². The zero-order valence-corrected chi connectivity index (χ0v) is 14.5. The van der Waals surface area contributed by atoms with Crippen molar-refractivity contribution in [2.45, 2.75) is 66.0 Å². The zero-order valence-electron chi connectivity index (χ0n) is 14.5. The average Bonchev–Trinajstić information content (AvgIpc) is 3.17. The molecule has 1 amide bonds. The third-order valence-corrected chi connectivity index (χ3v) is 4.83. The number of hydrogen-bond donors (Lipinski definition) is 0.